The molecule has 0 fully saturated rings. The van der Waals surface area contributed by atoms with Crippen LogP contribution < -0.4 is 10.5 Å². The van der Waals surface area contributed by atoms with E-state index in [1.54, 1.807) is 0 Å². The molecule has 1 aromatic rings. The van der Waals surface area contributed by atoms with Gasteiger partial charge in [0.25, 0.3) is 6.43 Å². The number of nitrogens with two attached hydrogens (primary N) is 1. The fraction of sp³-hybridized carbons (Fsp3) is 0.400. The zero-order valence-corrected chi connectivity index (χ0v) is 11.3. The highest BCUT2D eigenvalue weighted by Gasteiger charge is 2.20. The van der Waals surface area contributed by atoms with Crippen LogP contribution in [0.4, 0.5) is 14.5 Å². The van der Waals surface area contributed by atoms with E-state index in [0.717, 1.165) is 0 Å². The van der Waals surface area contributed by atoms with Gasteiger partial charge in [-0.2, -0.15) is 0 Å². The summed E-state index contributed by atoms with van der Waals surface area (Å²) in [6.45, 7) is -1.07. The lowest BCUT2D eigenvalue weighted by molar-refractivity contribution is 0.0199. The van der Waals surface area contributed by atoms with Crippen LogP contribution in [0, 0.1) is 0 Å². The number of anilines is 1. The molecule has 0 bridgehead atoms. The summed E-state index contributed by atoms with van der Waals surface area (Å²) in [4.78, 5) is -0.231. The average Bonchev–Trinajstić information content (AvgIpc) is 2.27. The Morgan fingerprint density at radius 3 is 2.68 bits per heavy atom. The second-order valence-corrected chi connectivity index (χ2v) is 5.63. The summed E-state index contributed by atoms with van der Waals surface area (Å²) in [6.07, 6.45) is -2.59. The average molecular weight is 315 g/mol. The molecule has 0 saturated heterocycles. The molecule has 0 aromatic heterocycles. The lowest BCUT2D eigenvalue weighted by atomic mass is 10.3. The van der Waals surface area contributed by atoms with Crippen molar-refractivity contribution >= 4 is 27.3 Å². The largest absolute Gasteiger partial charge is 0.398 e. The molecular formula is C10H13ClF2N2O3S. The molecule has 5 nitrogen and oxygen atoms in total. The number of benzene rings is 1. The van der Waals surface area contributed by atoms with Gasteiger partial charge in [-0.25, -0.2) is 21.9 Å². The fourth-order valence-corrected chi connectivity index (χ4v) is 2.99. The summed E-state index contributed by atoms with van der Waals surface area (Å²) in [5.41, 5.74) is 5.55. The van der Waals surface area contributed by atoms with Crippen LogP contribution in [0.2, 0.25) is 5.02 Å². The maximum Gasteiger partial charge on any atom is 0.261 e. The van der Waals surface area contributed by atoms with Gasteiger partial charge in [0.15, 0.2) is 0 Å². The van der Waals surface area contributed by atoms with Crippen molar-refractivity contribution in [2.75, 3.05) is 25.5 Å². The molecule has 1 rings (SSSR count). The van der Waals surface area contributed by atoms with Crippen molar-refractivity contribution in [1.82, 2.24) is 4.72 Å². The van der Waals surface area contributed by atoms with E-state index < -0.39 is 23.1 Å². The molecule has 0 aliphatic carbocycles. The predicted octanol–water partition coefficient (Wildman–Crippen LogP) is 1.48. The highest BCUT2D eigenvalue weighted by molar-refractivity contribution is 7.89. The Balaban J connectivity index is 2.62. The third-order valence-electron chi connectivity index (χ3n) is 2.05. The van der Waals surface area contributed by atoms with Crippen molar-refractivity contribution in [3.05, 3.63) is 23.2 Å². The van der Waals surface area contributed by atoms with Crippen LogP contribution >= 0.6 is 11.6 Å². The molecule has 0 aliphatic rings. The number of hydrogen-bond acceptors (Lipinski definition) is 4. The van der Waals surface area contributed by atoms with E-state index in [2.05, 4.69) is 9.46 Å². The van der Waals surface area contributed by atoms with Gasteiger partial charge < -0.3 is 10.5 Å². The van der Waals surface area contributed by atoms with Crippen molar-refractivity contribution < 1.29 is 21.9 Å². The summed E-state index contributed by atoms with van der Waals surface area (Å²) < 4.78 is 54.0. The van der Waals surface area contributed by atoms with Crippen molar-refractivity contribution in [1.29, 1.82) is 0 Å². The number of ether oxygens (including phenoxy) is 1. The Kier molecular flexibility index (Phi) is 5.92. The molecule has 3 N–H and O–H groups in total. The number of sulfonamides is 1. The first kappa shape index (κ1) is 16.1. The second kappa shape index (κ2) is 6.99. The fourth-order valence-electron chi connectivity index (χ4n) is 1.30. The standard InChI is InChI=1S/C10H13ClF2N2O3S/c11-7-2-1-3-8(14)10(7)19(16,17)15-4-5-18-6-9(12)13/h1-3,9,15H,4-6,14H2. The zero-order valence-electron chi connectivity index (χ0n) is 9.77. The van der Waals surface area contributed by atoms with Crippen molar-refractivity contribution in [2.24, 2.45) is 0 Å². The minimum Gasteiger partial charge on any atom is -0.398 e. The molecule has 0 atom stereocenters. The van der Waals surface area contributed by atoms with Crippen LogP contribution in [0.1, 0.15) is 0 Å². The minimum absolute atomic E-state index is 0.00787. The summed E-state index contributed by atoms with van der Waals surface area (Å²) in [5, 5.41) is -0.0130. The van der Waals surface area contributed by atoms with Crippen LogP contribution in [0.15, 0.2) is 23.1 Å². The highest BCUT2D eigenvalue weighted by atomic mass is 35.5. The van der Waals surface area contributed by atoms with Crippen molar-refractivity contribution in [3.8, 4) is 0 Å². The zero-order chi connectivity index (χ0) is 14.5. The molecule has 0 radical (unpaired) electrons. The van der Waals surface area contributed by atoms with Crippen LogP contribution in [-0.4, -0.2) is 34.6 Å². The predicted molar refractivity (Wildman–Crippen MR) is 67.9 cm³/mol. The van der Waals surface area contributed by atoms with E-state index in [1.165, 1.54) is 18.2 Å². The Morgan fingerprint density at radius 2 is 2.11 bits per heavy atom. The number of nitrogens with one attached hydrogen (secondary N) is 1. The van der Waals surface area contributed by atoms with Crippen molar-refractivity contribution in [2.45, 2.75) is 11.3 Å². The van der Waals surface area contributed by atoms with Gasteiger partial charge in [0.1, 0.15) is 11.5 Å². The van der Waals surface area contributed by atoms with Gasteiger partial charge in [0.2, 0.25) is 10.0 Å². The SMILES string of the molecule is Nc1cccc(Cl)c1S(=O)(=O)NCCOCC(F)F. The van der Waals surface area contributed by atoms with Gasteiger partial charge in [0, 0.05) is 6.54 Å². The van der Waals surface area contributed by atoms with Gasteiger partial charge in [-0.05, 0) is 12.1 Å². The number of alkyl halides is 2. The van der Waals surface area contributed by atoms with E-state index >= 15 is 0 Å². The van der Waals surface area contributed by atoms with Gasteiger partial charge >= 0.3 is 0 Å². The maximum absolute atomic E-state index is 11.9. The maximum atomic E-state index is 11.9. The molecular weight excluding hydrogens is 302 g/mol. The van der Waals surface area contributed by atoms with Crippen LogP contribution in [0.25, 0.3) is 0 Å². The summed E-state index contributed by atoms with van der Waals surface area (Å²) in [5.74, 6) is 0. The lowest BCUT2D eigenvalue weighted by Gasteiger charge is -2.10. The Morgan fingerprint density at radius 1 is 1.42 bits per heavy atom. The summed E-state index contributed by atoms with van der Waals surface area (Å²) >= 11 is 5.77. The monoisotopic (exact) mass is 314 g/mol. The van der Waals surface area contributed by atoms with Gasteiger partial charge in [0.05, 0.1) is 17.3 Å². The van der Waals surface area contributed by atoms with E-state index in [0.29, 0.717) is 0 Å². The molecule has 0 spiro atoms. The minimum atomic E-state index is -3.90. The lowest BCUT2D eigenvalue weighted by Crippen LogP contribution is -2.28. The number of hydrogen-bond donors (Lipinski definition) is 2. The summed E-state index contributed by atoms with van der Waals surface area (Å²) in [6, 6.07) is 4.30. The van der Waals surface area contributed by atoms with Crippen LogP contribution in [-0.2, 0) is 14.8 Å². The Hall–Kier alpha value is -0.960. The third-order valence-corrected chi connectivity index (χ3v) is 4.05. The van der Waals surface area contributed by atoms with Gasteiger partial charge in [-0.3, -0.25) is 0 Å². The number of rotatable bonds is 7. The summed E-state index contributed by atoms with van der Waals surface area (Å²) in [7, 11) is -3.90. The first-order valence-corrected chi connectivity index (χ1v) is 7.10. The van der Waals surface area contributed by atoms with Crippen LogP contribution in [0.5, 0.6) is 0 Å². The number of halogens is 3. The molecule has 0 unspecified atom stereocenters. The Labute approximate surface area is 114 Å². The van der Waals surface area contributed by atoms with Crippen LogP contribution in [0.3, 0.4) is 0 Å². The Bertz CT molecular complexity index is 505. The van der Waals surface area contributed by atoms with Gasteiger partial charge in [-0.1, -0.05) is 17.7 Å². The molecule has 0 heterocycles. The van der Waals surface area contributed by atoms with Gasteiger partial charge in [-0.15, -0.1) is 0 Å². The van der Waals surface area contributed by atoms with E-state index in [-0.39, 0.29) is 28.8 Å². The first-order valence-electron chi connectivity index (χ1n) is 5.24. The van der Waals surface area contributed by atoms with Crippen molar-refractivity contribution in [3.63, 3.8) is 0 Å². The molecule has 9 heteroatoms. The van der Waals surface area contributed by atoms with E-state index in [9.17, 15) is 17.2 Å². The second-order valence-electron chi connectivity index (χ2n) is 3.52. The molecule has 0 amide bonds. The third kappa shape index (κ3) is 4.90. The molecule has 19 heavy (non-hydrogen) atoms. The first-order chi connectivity index (χ1) is 8.84. The molecule has 0 aliphatic heterocycles. The van der Waals surface area contributed by atoms with E-state index in [4.69, 9.17) is 17.3 Å². The highest BCUT2D eigenvalue weighted by Crippen LogP contribution is 2.26. The smallest absolute Gasteiger partial charge is 0.261 e. The number of nitrogen functional groups attached to an aromatic ring is 1. The normalized spacial score (nSPS) is 12.0. The van der Waals surface area contributed by atoms with E-state index in [1.807, 2.05) is 0 Å². The molecule has 1 aromatic carbocycles. The molecule has 0 saturated carbocycles. The quantitative estimate of drug-likeness (QED) is 0.590. The topological polar surface area (TPSA) is 81.4 Å². The molecule has 108 valence electrons.